The number of rotatable bonds is 4. The van der Waals surface area contributed by atoms with Gasteiger partial charge in [0.15, 0.2) is 25.9 Å². The van der Waals surface area contributed by atoms with E-state index in [1.165, 1.54) is 0 Å². The van der Waals surface area contributed by atoms with Crippen LogP contribution in [0, 0.1) is 6.92 Å². The van der Waals surface area contributed by atoms with Crippen molar-refractivity contribution in [3.8, 4) is 11.5 Å². The van der Waals surface area contributed by atoms with Crippen LogP contribution in [0.2, 0.25) is 18.1 Å². The van der Waals surface area contributed by atoms with Crippen molar-refractivity contribution in [2.75, 3.05) is 13.2 Å². The van der Waals surface area contributed by atoms with Crippen LogP contribution in [-0.4, -0.2) is 38.7 Å². The molecule has 1 aromatic carbocycles. The summed E-state index contributed by atoms with van der Waals surface area (Å²) in [6, 6.07) is 3.20. The minimum absolute atomic E-state index is 0.132. The molecule has 1 N–H and O–H groups in total. The topological polar surface area (TPSA) is 65.0 Å². The van der Waals surface area contributed by atoms with Crippen LogP contribution >= 0.6 is 0 Å². The average Bonchev–Trinajstić information content (AvgIpc) is 2.44. The number of carboxylic acid groups (broad SMARTS) is 1. The van der Waals surface area contributed by atoms with Gasteiger partial charge in [0.2, 0.25) is 0 Å². The van der Waals surface area contributed by atoms with Crippen molar-refractivity contribution in [1.82, 2.24) is 0 Å². The van der Waals surface area contributed by atoms with Crippen molar-refractivity contribution in [2.45, 2.75) is 51.9 Å². The van der Waals surface area contributed by atoms with E-state index in [0.717, 1.165) is 0 Å². The summed E-state index contributed by atoms with van der Waals surface area (Å²) in [5.74, 6) is 0.143. The standard InChI is InChI=1S/C17H26O5Si/c1-11-13(16(18)19)7-8-14-15(11)22-12(9-20-14)10-21-23(5,6)17(2,3)4/h7-8,12H,9-10H2,1-6H3,(H,18,19). The van der Waals surface area contributed by atoms with Crippen LogP contribution in [0.3, 0.4) is 0 Å². The van der Waals surface area contributed by atoms with Crippen LogP contribution in [-0.2, 0) is 4.43 Å². The molecule has 2 rings (SSSR count). The van der Waals surface area contributed by atoms with Crippen molar-refractivity contribution in [3.63, 3.8) is 0 Å². The third-order valence-electron chi connectivity index (χ3n) is 4.75. The third kappa shape index (κ3) is 3.69. The predicted molar refractivity (Wildman–Crippen MR) is 91.2 cm³/mol. The maximum Gasteiger partial charge on any atom is 0.336 e. The third-order valence-corrected chi connectivity index (χ3v) is 9.25. The number of ether oxygens (including phenoxy) is 2. The molecule has 128 valence electrons. The summed E-state index contributed by atoms with van der Waals surface area (Å²) >= 11 is 0. The van der Waals surface area contributed by atoms with E-state index in [-0.39, 0.29) is 16.7 Å². The molecule has 1 aromatic rings. The largest absolute Gasteiger partial charge is 0.486 e. The summed E-state index contributed by atoms with van der Waals surface area (Å²) in [6.07, 6.45) is -0.223. The van der Waals surface area contributed by atoms with E-state index < -0.39 is 14.3 Å². The Bertz CT molecular complexity index is 604. The quantitative estimate of drug-likeness (QED) is 0.845. The zero-order valence-corrected chi connectivity index (χ0v) is 15.7. The van der Waals surface area contributed by atoms with Gasteiger partial charge in [0.25, 0.3) is 0 Å². The van der Waals surface area contributed by atoms with E-state index in [1.54, 1.807) is 19.1 Å². The molecule has 0 aromatic heterocycles. The summed E-state index contributed by atoms with van der Waals surface area (Å²) in [5, 5.41) is 9.35. The summed E-state index contributed by atoms with van der Waals surface area (Å²) in [5.41, 5.74) is 0.824. The van der Waals surface area contributed by atoms with E-state index >= 15 is 0 Å². The number of hydrogen-bond acceptors (Lipinski definition) is 4. The second kappa shape index (κ2) is 6.17. The van der Waals surface area contributed by atoms with E-state index in [9.17, 15) is 9.90 Å². The molecule has 0 fully saturated rings. The number of hydrogen-bond donors (Lipinski definition) is 1. The summed E-state index contributed by atoms with van der Waals surface area (Å²) in [4.78, 5) is 11.2. The number of carbonyl (C=O) groups is 1. The highest BCUT2D eigenvalue weighted by atomic mass is 28.4. The van der Waals surface area contributed by atoms with E-state index in [2.05, 4.69) is 33.9 Å². The lowest BCUT2D eigenvalue weighted by Gasteiger charge is -2.38. The second-order valence-electron chi connectivity index (χ2n) is 7.49. The first kappa shape index (κ1) is 17.8. The van der Waals surface area contributed by atoms with Gasteiger partial charge in [-0.3, -0.25) is 0 Å². The molecular formula is C17H26O5Si. The molecule has 0 radical (unpaired) electrons. The summed E-state index contributed by atoms with van der Waals surface area (Å²) in [6.45, 7) is 13.6. The number of fused-ring (bicyclic) bond motifs is 1. The normalized spacial score (nSPS) is 17.9. The van der Waals surface area contributed by atoms with Gasteiger partial charge in [-0.05, 0) is 37.2 Å². The minimum Gasteiger partial charge on any atom is -0.486 e. The lowest BCUT2D eigenvalue weighted by atomic mass is 10.1. The molecule has 1 aliphatic heterocycles. The maximum atomic E-state index is 11.2. The predicted octanol–water partition coefficient (Wildman–Crippen LogP) is 3.85. The second-order valence-corrected chi connectivity index (χ2v) is 12.3. The smallest absolute Gasteiger partial charge is 0.336 e. The summed E-state index contributed by atoms with van der Waals surface area (Å²) < 4.78 is 17.9. The number of aromatic carboxylic acids is 1. The Hall–Kier alpha value is -1.53. The van der Waals surface area contributed by atoms with E-state index in [4.69, 9.17) is 13.9 Å². The van der Waals surface area contributed by atoms with Gasteiger partial charge < -0.3 is 19.0 Å². The van der Waals surface area contributed by atoms with E-state index in [0.29, 0.717) is 30.3 Å². The zero-order valence-electron chi connectivity index (χ0n) is 14.7. The van der Waals surface area contributed by atoms with Crippen LogP contribution in [0.25, 0.3) is 0 Å². The van der Waals surface area contributed by atoms with Gasteiger partial charge in [0.05, 0.1) is 12.2 Å². The average molecular weight is 338 g/mol. The van der Waals surface area contributed by atoms with Crippen molar-refractivity contribution < 1.29 is 23.8 Å². The molecule has 6 heteroatoms. The fourth-order valence-electron chi connectivity index (χ4n) is 2.14. The van der Waals surface area contributed by atoms with Gasteiger partial charge in [0, 0.05) is 5.56 Å². The Labute approximate surface area is 138 Å². The first-order valence-electron chi connectivity index (χ1n) is 7.83. The highest BCUT2D eigenvalue weighted by Gasteiger charge is 2.38. The van der Waals surface area contributed by atoms with Gasteiger partial charge in [-0.25, -0.2) is 4.79 Å². The maximum absolute atomic E-state index is 11.2. The molecule has 0 aliphatic carbocycles. The lowest BCUT2D eigenvalue weighted by Crippen LogP contribution is -2.45. The number of benzene rings is 1. The SMILES string of the molecule is Cc1c(C(=O)O)ccc2c1OC(CO[Si](C)(C)C(C)(C)C)CO2. The molecule has 1 aliphatic rings. The van der Waals surface area contributed by atoms with Crippen molar-refractivity contribution in [1.29, 1.82) is 0 Å². The van der Waals surface area contributed by atoms with Gasteiger partial charge >= 0.3 is 5.97 Å². The minimum atomic E-state index is -1.85. The fraction of sp³-hybridized carbons (Fsp3) is 0.588. The van der Waals surface area contributed by atoms with E-state index in [1.807, 2.05) is 0 Å². The molecule has 0 saturated heterocycles. The monoisotopic (exact) mass is 338 g/mol. The van der Waals surface area contributed by atoms with Crippen molar-refractivity contribution >= 4 is 14.3 Å². The highest BCUT2D eigenvalue weighted by molar-refractivity contribution is 6.74. The van der Waals surface area contributed by atoms with Crippen LogP contribution in [0.4, 0.5) is 0 Å². The van der Waals surface area contributed by atoms with Crippen LogP contribution < -0.4 is 9.47 Å². The Kier molecular flexibility index (Phi) is 4.78. The Morgan fingerprint density at radius 2 is 2.04 bits per heavy atom. The molecule has 0 amide bonds. The first-order valence-corrected chi connectivity index (χ1v) is 10.7. The summed E-state index contributed by atoms with van der Waals surface area (Å²) in [7, 11) is -1.85. The molecule has 1 unspecified atom stereocenters. The van der Waals surface area contributed by atoms with Gasteiger partial charge in [-0.2, -0.15) is 0 Å². The zero-order chi connectivity index (χ0) is 17.4. The molecule has 5 nitrogen and oxygen atoms in total. The molecule has 0 spiro atoms. The van der Waals surface area contributed by atoms with Crippen molar-refractivity contribution in [3.05, 3.63) is 23.3 Å². The highest BCUT2D eigenvalue weighted by Crippen LogP contribution is 2.39. The van der Waals surface area contributed by atoms with Gasteiger partial charge in [-0.1, -0.05) is 20.8 Å². The molecule has 1 heterocycles. The van der Waals surface area contributed by atoms with Crippen LogP contribution in [0.15, 0.2) is 12.1 Å². The Morgan fingerprint density at radius 3 is 2.61 bits per heavy atom. The first-order chi connectivity index (χ1) is 10.5. The molecule has 23 heavy (non-hydrogen) atoms. The molecule has 0 saturated carbocycles. The fourth-order valence-corrected chi connectivity index (χ4v) is 3.18. The molecule has 1 atom stereocenters. The van der Waals surface area contributed by atoms with Crippen LogP contribution in [0.5, 0.6) is 11.5 Å². The molecule has 0 bridgehead atoms. The number of carboxylic acids is 1. The van der Waals surface area contributed by atoms with Crippen molar-refractivity contribution in [2.24, 2.45) is 0 Å². The Balaban J connectivity index is 2.11. The Morgan fingerprint density at radius 1 is 1.39 bits per heavy atom. The van der Waals surface area contributed by atoms with Gasteiger partial charge in [0.1, 0.15) is 6.61 Å². The molecular weight excluding hydrogens is 312 g/mol. The lowest BCUT2D eigenvalue weighted by molar-refractivity contribution is 0.0481. The van der Waals surface area contributed by atoms with Gasteiger partial charge in [-0.15, -0.1) is 0 Å². The van der Waals surface area contributed by atoms with Crippen LogP contribution in [0.1, 0.15) is 36.7 Å².